The van der Waals surface area contributed by atoms with Gasteiger partial charge in [0.15, 0.2) is 5.96 Å². The highest BCUT2D eigenvalue weighted by atomic mass is 16.5. The second kappa shape index (κ2) is 7.76. The maximum atomic E-state index is 11.9. The zero-order valence-electron chi connectivity index (χ0n) is 15.9. The van der Waals surface area contributed by atoms with E-state index in [1.165, 1.54) is 7.11 Å². The van der Waals surface area contributed by atoms with Crippen molar-refractivity contribution >= 4 is 23.0 Å². The summed E-state index contributed by atoms with van der Waals surface area (Å²) in [5.41, 5.74) is 2.16. The van der Waals surface area contributed by atoms with Crippen LogP contribution in [0.5, 0.6) is 0 Å². The first kappa shape index (κ1) is 18.2. The largest absolute Gasteiger partial charge is 0.469 e. The smallest absolute Gasteiger partial charge is 0.310 e. The molecule has 0 bridgehead atoms. The minimum atomic E-state index is -0.143. The molecule has 0 radical (unpaired) electrons. The molecule has 0 saturated carbocycles. The molecule has 1 fully saturated rings. The van der Waals surface area contributed by atoms with Crippen LogP contribution in [-0.4, -0.2) is 60.2 Å². The number of methoxy groups -OCH3 is 1. The van der Waals surface area contributed by atoms with Crippen LogP contribution in [0.3, 0.4) is 0 Å². The molecule has 140 valence electrons. The fraction of sp³-hybridized carbons (Fsp3) is 0.526. The van der Waals surface area contributed by atoms with Crippen LogP contribution in [0.25, 0.3) is 11.0 Å². The number of guanidine groups is 1. The third-order valence-corrected chi connectivity index (χ3v) is 5.09. The van der Waals surface area contributed by atoms with Gasteiger partial charge in [0.2, 0.25) is 0 Å². The molecule has 1 aliphatic rings. The van der Waals surface area contributed by atoms with Crippen LogP contribution >= 0.6 is 0 Å². The molecule has 1 saturated heterocycles. The number of carbonyl (C=O) groups is 1. The number of hydrogen-bond donors (Lipinski definition) is 1. The van der Waals surface area contributed by atoms with E-state index in [1.54, 1.807) is 7.05 Å². The van der Waals surface area contributed by atoms with Crippen molar-refractivity contribution in [3.05, 3.63) is 30.1 Å². The predicted molar refractivity (Wildman–Crippen MR) is 102 cm³/mol. The van der Waals surface area contributed by atoms with E-state index in [0.717, 1.165) is 42.5 Å². The predicted octanol–water partition coefficient (Wildman–Crippen LogP) is 1.66. The second-order valence-corrected chi connectivity index (χ2v) is 6.79. The van der Waals surface area contributed by atoms with Crippen LogP contribution in [0, 0.1) is 18.8 Å². The van der Waals surface area contributed by atoms with Crippen LogP contribution in [0.15, 0.2) is 29.3 Å². The zero-order chi connectivity index (χ0) is 18.7. The van der Waals surface area contributed by atoms with Crippen molar-refractivity contribution in [2.45, 2.75) is 20.4 Å². The number of likely N-dealkylation sites (tertiary alicyclic amines) is 1. The third-order valence-electron chi connectivity index (χ3n) is 5.09. The molecular weight excluding hydrogens is 330 g/mol. The van der Waals surface area contributed by atoms with Gasteiger partial charge in [-0.3, -0.25) is 9.79 Å². The Balaban J connectivity index is 1.61. The van der Waals surface area contributed by atoms with Crippen LogP contribution in [0.1, 0.15) is 12.7 Å². The first-order valence-electron chi connectivity index (χ1n) is 9.00. The van der Waals surface area contributed by atoms with Gasteiger partial charge in [0.25, 0.3) is 0 Å². The van der Waals surface area contributed by atoms with Gasteiger partial charge in [-0.15, -0.1) is 0 Å². The zero-order valence-corrected chi connectivity index (χ0v) is 15.9. The Bertz CT molecular complexity index is 813. The van der Waals surface area contributed by atoms with Crippen molar-refractivity contribution in [2.75, 3.05) is 33.8 Å². The number of ether oxygens (including phenoxy) is 1. The molecule has 2 aromatic rings. The van der Waals surface area contributed by atoms with E-state index in [2.05, 4.69) is 37.8 Å². The molecule has 1 N–H and O–H groups in total. The van der Waals surface area contributed by atoms with E-state index in [9.17, 15) is 4.79 Å². The minimum absolute atomic E-state index is 0.0987. The van der Waals surface area contributed by atoms with Gasteiger partial charge in [-0.1, -0.05) is 19.1 Å². The van der Waals surface area contributed by atoms with E-state index < -0.39 is 0 Å². The Kier molecular flexibility index (Phi) is 5.44. The highest BCUT2D eigenvalue weighted by Crippen LogP contribution is 2.24. The van der Waals surface area contributed by atoms with Crippen molar-refractivity contribution in [2.24, 2.45) is 16.8 Å². The fourth-order valence-corrected chi connectivity index (χ4v) is 3.69. The number of benzene rings is 1. The average molecular weight is 357 g/mol. The average Bonchev–Trinajstić information content (AvgIpc) is 3.18. The number of hydrogen-bond acceptors (Lipinski definition) is 4. The third kappa shape index (κ3) is 3.52. The van der Waals surface area contributed by atoms with Gasteiger partial charge in [0.1, 0.15) is 5.82 Å². The highest BCUT2D eigenvalue weighted by Gasteiger charge is 2.36. The topological polar surface area (TPSA) is 71.8 Å². The summed E-state index contributed by atoms with van der Waals surface area (Å²) < 4.78 is 7.12. The number of imidazole rings is 1. The van der Waals surface area contributed by atoms with E-state index in [0.29, 0.717) is 6.54 Å². The molecule has 2 heterocycles. The summed E-state index contributed by atoms with van der Waals surface area (Å²) in [5, 5.41) is 3.41. The maximum Gasteiger partial charge on any atom is 0.310 e. The summed E-state index contributed by atoms with van der Waals surface area (Å²) in [6.07, 6.45) is 0. The summed E-state index contributed by atoms with van der Waals surface area (Å²) in [7, 11) is 3.22. The Hall–Kier alpha value is -2.57. The lowest BCUT2D eigenvalue weighted by Gasteiger charge is -2.21. The monoisotopic (exact) mass is 357 g/mol. The normalized spacial score (nSPS) is 20.6. The van der Waals surface area contributed by atoms with Gasteiger partial charge in [-0.2, -0.15) is 0 Å². The lowest BCUT2D eigenvalue weighted by atomic mass is 9.99. The van der Waals surface area contributed by atoms with Crippen molar-refractivity contribution < 1.29 is 9.53 Å². The molecule has 7 heteroatoms. The SMILES string of the molecule is CN=C(NCCn1c(C)nc2ccccc21)N1CC(C)C(C(=O)OC)C1. The van der Waals surface area contributed by atoms with Crippen LogP contribution in [0.4, 0.5) is 0 Å². The van der Waals surface area contributed by atoms with E-state index in [4.69, 9.17) is 4.74 Å². The van der Waals surface area contributed by atoms with E-state index in [1.807, 2.05) is 25.1 Å². The molecule has 1 aromatic heterocycles. The standard InChI is InChI=1S/C19H27N5O2/c1-13-11-23(12-15(13)18(25)26-4)19(20-3)21-9-10-24-14(2)22-16-7-5-6-8-17(16)24/h5-8,13,15H,9-12H2,1-4H3,(H,20,21). The Morgan fingerprint density at radius 3 is 2.88 bits per heavy atom. The molecule has 2 unspecified atom stereocenters. The Labute approximate surface area is 154 Å². The molecule has 2 atom stereocenters. The van der Waals surface area contributed by atoms with E-state index >= 15 is 0 Å². The number of fused-ring (bicyclic) bond motifs is 1. The number of para-hydroxylation sites is 2. The second-order valence-electron chi connectivity index (χ2n) is 6.79. The molecule has 3 rings (SSSR count). The van der Waals surface area contributed by atoms with Gasteiger partial charge in [-0.25, -0.2) is 4.98 Å². The quantitative estimate of drug-likeness (QED) is 0.512. The molecule has 1 aliphatic heterocycles. The lowest BCUT2D eigenvalue weighted by molar-refractivity contribution is -0.145. The number of carbonyl (C=O) groups excluding carboxylic acids is 1. The van der Waals surface area contributed by atoms with Gasteiger partial charge in [0, 0.05) is 33.2 Å². The van der Waals surface area contributed by atoms with Crippen LogP contribution in [0.2, 0.25) is 0 Å². The number of nitrogens with one attached hydrogen (secondary N) is 1. The summed E-state index contributed by atoms with van der Waals surface area (Å²) in [5.74, 6) is 1.84. The van der Waals surface area contributed by atoms with Crippen molar-refractivity contribution in [1.82, 2.24) is 19.8 Å². The van der Waals surface area contributed by atoms with Crippen molar-refractivity contribution in [1.29, 1.82) is 0 Å². The van der Waals surface area contributed by atoms with Gasteiger partial charge >= 0.3 is 5.97 Å². The van der Waals surface area contributed by atoms with E-state index in [-0.39, 0.29) is 17.8 Å². The van der Waals surface area contributed by atoms with Crippen molar-refractivity contribution in [3.63, 3.8) is 0 Å². The van der Waals surface area contributed by atoms with Crippen LogP contribution < -0.4 is 5.32 Å². The molecule has 7 nitrogen and oxygen atoms in total. The van der Waals surface area contributed by atoms with Gasteiger partial charge < -0.3 is 19.5 Å². The fourth-order valence-electron chi connectivity index (χ4n) is 3.69. The number of nitrogens with zero attached hydrogens (tertiary/aromatic N) is 4. The molecule has 0 aliphatic carbocycles. The lowest BCUT2D eigenvalue weighted by Crippen LogP contribution is -2.41. The number of aromatic nitrogens is 2. The summed E-state index contributed by atoms with van der Waals surface area (Å²) >= 11 is 0. The number of esters is 1. The van der Waals surface area contributed by atoms with Gasteiger partial charge in [0.05, 0.1) is 24.1 Å². The molecular formula is C19H27N5O2. The Morgan fingerprint density at radius 1 is 1.38 bits per heavy atom. The summed E-state index contributed by atoms with van der Waals surface area (Å²) in [4.78, 5) is 23.0. The Morgan fingerprint density at radius 2 is 2.15 bits per heavy atom. The summed E-state index contributed by atoms with van der Waals surface area (Å²) in [6.45, 7) is 7.08. The molecule has 0 amide bonds. The number of rotatable bonds is 4. The van der Waals surface area contributed by atoms with Gasteiger partial charge in [-0.05, 0) is 25.0 Å². The number of aliphatic imine (C=N–C) groups is 1. The summed E-state index contributed by atoms with van der Waals surface area (Å²) in [6, 6.07) is 8.16. The van der Waals surface area contributed by atoms with Crippen LogP contribution in [-0.2, 0) is 16.1 Å². The minimum Gasteiger partial charge on any atom is -0.469 e. The highest BCUT2D eigenvalue weighted by molar-refractivity contribution is 5.82. The maximum absolute atomic E-state index is 11.9. The molecule has 1 aromatic carbocycles. The molecule has 26 heavy (non-hydrogen) atoms. The van der Waals surface area contributed by atoms with Crippen molar-refractivity contribution in [3.8, 4) is 0 Å². The first-order chi connectivity index (χ1) is 12.5. The molecule has 0 spiro atoms. The first-order valence-corrected chi connectivity index (χ1v) is 9.00. The number of aryl methyl sites for hydroxylation is 1.